The Morgan fingerprint density at radius 2 is 2.25 bits per heavy atom. The minimum atomic E-state index is 0.104. The summed E-state index contributed by atoms with van der Waals surface area (Å²) in [5.74, 6) is 0.104. The highest BCUT2D eigenvalue weighted by molar-refractivity contribution is 5.75. The fraction of sp³-hybridized carbons (Fsp3) is 0.667. The zero-order valence-corrected chi connectivity index (χ0v) is 5.48. The SMILES string of the molecule is [CH2]N(C)C(=O)CCC. The number of carbonyl (C=O) groups excluding carboxylic acids is 1. The van der Waals surface area contributed by atoms with Crippen LogP contribution in [0.4, 0.5) is 0 Å². The summed E-state index contributed by atoms with van der Waals surface area (Å²) in [6.45, 7) is 1.97. The van der Waals surface area contributed by atoms with Crippen molar-refractivity contribution in [2.45, 2.75) is 19.8 Å². The zero-order valence-electron chi connectivity index (χ0n) is 5.48. The molecule has 0 saturated carbocycles. The molecule has 0 aromatic carbocycles. The quantitative estimate of drug-likeness (QED) is 0.525. The highest BCUT2D eigenvalue weighted by Crippen LogP contribution is 1.90. The number of nitrogens with zero attached hydrogens (tertiary/aromatic N) is 1. The van der Waals surface area contributed by atoms with Crippen molar-refractivity contribution >= 4 is 5.91 Å². The highest BCUT2D eigenvalue weighted by Gasteiger charge is 1.98. The molecule has 0 bridgehead atoms. The largest absolute Gasteiger partial charge is 0.344 e. The lowest BCUT2D eigenvalue weighted by Crippen LogP contribution is -2.18. The summed E-state index contributed by atoms with van der Waals surface area (Å²) in [6.07, 6.45) is 1.51. The van der Waals surface area contributed by atoms with E-state index in [1.807, 2.05) is 6.92 Å². The molecule has 47 valence electrons. The summed E-state index contributed by atoms with van der Waals surface area (Å²) in [6, 6.07) is 0. The maximum absolute atomic E-state index is 10.6. The number of hydrogen-bond acceptors (Lipinski definition) is 1. The van der Waals surface area contributed by atoms with Gasteiger partial charge in [-0.25, -0.2) is 0 Å². The van der Waals surface area contributed by atoms with Gasteiger partial charge in [-0.1, -0.05) is 6.92 Å². The molecule has 0 aliphatic carbocycles. The molecule has 0 fully saturated rings. The number of rotatable bonds is 2. The molecule has 0 heterocycles. The van der Waals surface area contributed by atoms with Gasteiger partial charge in [0.1, 0.15) is 0 Å². The molecule has 0 aromatic heterocycles. The van der Waals surface area contributed by atoms with Gasteiger partial charge in [0.2, 0.25) is 5.91 Å². The summed E-state index contributed by atoms with van der Waals surface area (Å²) in [5, 5.41) is 0. The smallest absolute Gasteiger partial charge is 0.222 e. The van der Waals surface area contributed by atoms with Crippen molar-refractivity contribution in [2.75, 3.05) is 7.05 Å². The zero-order chi connectivity index (χ0) is 6.57. The Bertz CT molecular complexity index is 78.6. The van der Waals surface area contributed by atoms with Crippen LogP contribution in [0.25, 0.3) is 0 Å². The number of amides is 1. The van der Waals surface area contributed by atoms with Gasteiger partial charge in [0.05, 0.1) is 0 Å². The maximum Gasteiger partial charge on any atom is 0.222 e. The molecule has 0 aromatic rings. The Kier molecular flexibility index (Phi) is 3.24. The van der Waals surface area contributed by atoms with Gasteiger partial charge >= 0.3 is 0 Å². The fourth-order valence-electron chi connectivity index (χ4n) is 0.405. The van der Waals surface area contributed by atoms with Crippen molar-refractivity contribution in [1.29, 1.82) is 0 Å². The van der Waals surface area contributed by atoms with Gasteiger partial charge in [0, 0.05) is 20.5 Å². The molecule has 0 aliphatic rings. The summed E-state index contributed by atoms with van der Waals surface area (Å²) in [4.78, 5) is 12.0. The second-order valence-electron chi connectivity index (χ2n) is 1.84. The van der Waals surface area contributed by atoms with E-state index in [1.165, 1.54) is 4.90 Å². The van der Waals surface area contributed by atoms with Crippen LogP contribution in [0.5, 0.6) is 0 Å². The first-order chi connectivity index (χ1) is 3.68. The normalized spacial score (nSPS) is 8.88. The van der Waals surface area contributed by atoms with Gasteiger partial charge < -0.3 is 4.90 Å². The van der Waals surface area contributed by atoms with E-state index in [0.29, 0.717) is 6.42 Å². The van der Waals surface area contributed by atoms with Crippen LogP contribution < -0.4 is 0 Å². The van der Waals surface area contributed by atoms with Crippen molar-refractivity contribution in [3.05, 3.63) is 7.05 Å². The van der Waals surface area contributed by atoms with E-state index >= 15 is 0 Å². The summed E-state index contributed by atoms with van der Waals surface area (Å²) in [5.41, 5.74) is 0. The van der Waals surface area contributed by atoms with E-state index in [4.69, 9.17) is 0 Å². The van der Waals surface area contributed by atoms with Crippen molar-refractivity contribution in [3.63, 3.8) is 0 Å². The van der Waals surface area contributed by atoms with Crippen LogP contribution >= 0.6 is 0 Å². The molecule has 2 nitrogen and oxygen atoms in total. The van der Waals surface area contributed by atoms with Crippen molar-refractivity contribution in [1.82, 2.24) is 4.90 Å². The highest BCUT2D eigenvalue weighted by atomic mass is 16.2. The monoisotopic (exact) mass is 114 g/mol. The predicted molar refractivity (Wildman–Crippen MR) is 33.0 cm³/mol. The summed E-state index contributed by atoms with van der Waals surface area (Å²) in [7, 11) is 5.11. The van der Waals surface area contributed by atoms with Crippen LogP contribution in [0.2, 0.25) is 0 Å². The van der Waals surface area contributed by atoms with Crippen LogP contribution in [0, 0.1) is 7.05 Å². The molecular formula is C6H12NO. The second-order valence-corrected chi connectivity index (χ2v) is 1.84. The van der Waals surface area contributed by atoms with Gasteiger partial charge in [-0.3, -0.25) is 4.79 Å². The molecule has 0 rings (SSSR count). The minimum Gasteiger partial charge on any atom is -0.344 e. The predicted octanol–water partition coefficient (Wildman–Crippen LogP) is 1.04. The first-order valence-electron chi connectivity index (χ1n) is 2.75. The Hall–Kier alpha value is -0.530. The van der Waals surface area contributed by atoms with Crippen LogP contribution in [0.15, 0.2) is 0 Å². The lowest BCUT2D eigenvalue weighted by molar-refractivity contribution is -0.127. The Balaban J connectivity index is 3.33. The van der Waals surface area contributed by atoms with E-state index in [-0.39, 0.29) is 5.91 Å². The van der Waals surface area contributed by atoms with Crippen LogP contribution in [-0.4, -0.2) is 17.9 Å². The molecule has 0 atom stereocenters. The van der Waals surface area contributed by atoms with Crippen molar-refractivity contribution in [3.8, 4) is 0 Å². The van der Waals surface area contributed by atoms with Gasteiger partial charge in [-0.2, -0.15) is 0 Å². The lowest BCUT2D eigenvalue weighted by atomic mass is 10.3. The third-order valence-electron chi connectivity index (χ3n) is 0.890. The third-order valence-corrected chi connectivity index (χ3v) is 0.890. The second kappa shape index (κ2) is 3.47. The molecule has 2 heteroatoms. The van der Waals surface area contributed by atoms with Crippen LogP contribution in [0.1, 0.15) is 19.8 Å². The van der Waals surface area contributed by atoms with E-state index in [9.17, 15) is 4.79 Å². The number of carbonyl (C=O) groups is 1. The van der Waals surface area contributed by atoms with E-state index in [0.717, 1.165) is 6.42 Å². The van der Waals surface area contributed by atoms with Crippen molar-refractivity contribution in [2.24, 2.45) is 0 Å². The van der Waals surface area contributed by atoms with Gasteiger partial charge in [0.25, 0.3) is 0 Å². The maximum atomic E-state index is 10.6. The van der Waals surface area contributed by atoms with Crippen LogP contribution in [0.3, 0.4) is 0 Å². The van der Waals surface area contributed by atoms with Gasteiger partial charge in [-0.15, -0.1) is 0 Å². The fourth-order valence-corrected chi connectivity index (χ4v) is 0.405. The van der Waals surface area contributed by atoms with E-state index < -0.39 is 0 Å². The molecule has 0 saturated heterocycles. The Morgan fingerprint density at radius 1 is 1.75 bits per heavy atom. The van der Waals surface area contributed by atoms with Gasteiger partial charge in [-0.05, 0) is 6.42 Å². The van der Waals surface area contributed by atoms with Crippen LogP contribution in [-0.2, 0) is 4.79 Å². The molecule has 0 unspecified atom stereocenters. The Labute approximate surface area is 50.5 Å². The number of hydrogen-bond donors (Lipinski definition) is 0. The van der Waals surface area contributed by atoms with Crippen molar-refractivity contribution < 1.29 is 4.79 Å². The average Bonchev–Trinajstić information content (AvgIpc) is 1.67. The minimum absolute atomic E-state index is 0.104. The lowest BCUT2D eigenvalue weighted by Gasteiger charge is -2.06. The van der Waals surface area contributed by atoms with E-state index in [2.05, 4.69) is 7.05 Å². The summed E-state index contributed by atoms with van der Waals surface area (Å²) >= 11 is 0. The standard InChI is InChI=1S/C6H12NO/c1-4-5-6(8)7(2)3/h2,4-5H2,1,3H3. The average molecular weight is 114 g/mol. The first-order valence-corrected chi connectivity index (χ1v) is 2.75. The van der Waals surface area contributed by atoms with E-state index in [1.54, 1.807) is 7.05 Å². The topological polar surface area (TPSA) is 20.3 Å². The Morgan fingerprint density at radius 3 is 2.38 bits per heavy atom. The molecule has 1 amide bonds. The molecular weight excluding hydrogens is 102 g/mol. The molecule has 0 spiro atoms. The molecule has 0 N–H and O–H groups in total. The van der Waals surface area contributed by atoms with Gasteiger partial charge in [0.15, 0.2) is 0 Å². The third kappa shape index (κ3) is 2.61. The molecule has 0 aliphatic heterocycles. The molecule has 8 heavy (non-hydrogen) atoms. The molecule has 1 radical (unpaired) electrons. The summed E-state index contributed by atoms with van der Waals surface area (Å²) < 4.78 is 0. The first kappa shape index (κ1) is 7.47.